The molecule has 1 fully saturated rings. The average Bonchev–Trinajstić information content (AvgIpc) is 3.26. The summed E-state index contributed by atoms with van der Waals surface area (Å²) < 4.78 is 0. The number of carboxylic acid groups (broad SMARTS) is 2. The van der Waals surface area contributed by atoms with Crippen LogP contribution in [-0.2, 0) is 30.5 Å². The Morgan fingerprint density at radius 3 is 2.39 bits per heavy atom. The largest absolute Gasteiger partial charge is 0.480 e. The minimum atomic E-state index is -1.45. The summed E-state index contributed by atoms with van der Waals surface area (Å²) in [6.45, 7) is 0.179. The number of thioether (sulfide) groups is 1. The summed E-state index contributed by atoms with van der Waals surface area (Å²) in [6.07, 6.45) is 0.615. The predicted molar refractivity (Wildman–Crippen MR) is 162 cm³/mol. The number of aromatic nitrogens is 4. The molecule has 3 heterocycles. The lowest BCUT2D eigenvalue weighted by Gasteiger charge is -2.18. The van der Waals surface area contributed by atoms with Crippen LogP contribution in [-0.4, -0.2) is 101 Å². The zero-order valence-electron chi connectivity index (χ0n) is 24.2. The van der Waals surface area contributed by atoms with Crippen molar-refractivity contribution in [3.63, 3.8) is 0 Å². The van der Waals surface area contributed by atoms with Crippen LogP contribution < -0.4 is 27.2 Å². The summed E-state index contributed by atoms with van der Waals surface area (Å²) in [7, 11) is 1.33. The number of amides is 4. The molecule has 18 nitrogen and oxygen atoms in total. The molecule has 4 rings (SSSR count). The number of rotatable bonds is 14. The van der Waals surface area contributed by atoms with Crippen LogP contribution in [0, 0.1) is 0 Å². The van der Waals surface area contributed by atoms with E-state index in [0.717, 1.165) is 16.7 Å². The Kier molecular flexibility index (Phi) is 10.5. The summed E-state index contributed by atoms with van der Waals surface area (Å²) in [4.78, 5) is 99.9. The fraction of sp³-hybridized carbons (Fsp3) is 0.333. The molecule has 0 bridgehead atoms. The molecule has 2 aromatic heterocycles. The fourth-order valence-electron chi connectivity index (χ4n) is 4.27. The third-order valence-corrected chi connectivity index (χ3v) is 8.10. The van der Waals surface area contributed by atoms with Gasteiger partial charge in [-0.15, -0.1) is 11.8 Å². The molecule has 19 heteroatoms. The van der Waals surface area contributed by atoms with Gasteiger partial charge < -0.3 is 31.9 Å². The molecule has 8 N–H and O–H groups in total. The summed E-state index contributed by atoms with van der Waals surface area (Å²) in [6, 6.07) is 3.19. The zero-order chi connectivity index (χ0) is 33.5. The number of imide groups is 1. The van der Waals surface area contributed by atoms with E-state index in [1.165, 1.54) is 25.4 Å². The van der Waals surface area contributed by atoms with Crippen molar-refractivity contribution in [3.05, 3.63) is 52.1 Å². The molecule has 1 aliphatic heterocycles. The topological polar surface area (TPSA) is 280 Å². The molecule has 1 aliphatic rings. The van der Waals surface area contributed by atoms with Gasteiger partial charge in [-0.25, -0.2) is 19.6 Å². The third-order valence-electron chi connectivity index (χ3n) is 6.81. The highest BCUT2D eigenvalue weighted by Crippen LogP contribution is 2.24. The number of aliphatic carboxylic acids is 2. The number of benzene rings is 1. The Morgan fingerprint density at radius 2 is 1.76 bits per heavy atom. The number of anilines is 2. The first kappa shape index (κ1) is 33.3. The van der Waals surface area contributed by atoms with Gasteiger partial charge in [-0.05, 0) is 30.7 Å². The quantitative estimate of drug-likeness (QED) is 0.102. The lowest BCUT2D eigenvalue weighted by Crippen LogP contribution is -2.45. The molecule has 0 radical (unpaired) electrons. The lowest BCUT2D eigenvalue weighted by molar-refractivity contribution is -0.142. The molecule has 3 atom stereocenters. The predicted octanol–water partition coefficient (Wildman–Crippen LogP) is -1.07. The lowest BCUT2D eigenvalue weighted by atomic mass is 10.1. The first-order valence-corrected chi connectivity index (χ1v) is 14.7. The van der Waals surface area contributed by atoms with Crippen LogP contribution in [0.4, 0.5) is 11.6 Å². The highest BCUT2D eigenvalue weighted by Gasteiger charge is 2.37. The third kappa shape index (κ3) is 8.31. The Hall–Kier alpha value is -5.59. The van der Waals surface area contributed by atoms with Gasteiger partial charge in [0.15, 0.2) is 11.2 Å². The number of fused-ring (bicyclic) bond motifs is 1. The molecular formula is C27H29N9O9S. The van der Waals surface area contributed by atoms with E-state index in [0.29, 0.717) is 11.4 Å². The summed E-state index contributed by atoms with van der Waals surface area (Å²) in [5.41, 5.74) is 6.25. The first-order valence-electron chi connectivity index (χ1n) is 13.7. The van der Waals surface area contributed by atoms with Gasteiger partial charge in [0.05, 0.1) is 23.7 Å². The number of carbonyl (C=O) groups excluding carboxylic acids is 4. The number of hydrogen-bond acceptors (Lipinski definition) is 13. The maximum Gasteiger partial charge on any atom is 0.327 e. The van der Waals surface area contributed by atoms with E-state index in [1.54, 1.807) is 12.1 Å². The van der Waals surface area contributed by atoms with Crippen LogP contribution in [0.3, 0.4) is 0 Å². The number of H-pyrrole nitrogens is 1. The van der Waals surface area contributed by atoms with Crippen LogP contribution in [0.25, 0.3) is 11.2 Å². The van der Waals surface area contributed by atoms with Crippen molar-refractivity contribution in [2.24, 2.45) is 0 Å². The number of nitrogens with one attached hydrogen (secondary N) is 4. The number of likely N-dealkylation sites (tertiary alicyclic amines) is 1. The molecule has 0 aliphatic carbocycles. The molecule has 1 unspecified atom stereocenters. The maximum absolute atomic E-state index is 12.7. The van der Waals surface area contributed by atoms with E-state index < -0.39 is 59.0 Å². The van der Waals surface area contributed by atoms with E-state index >= 15 is 0 Å². The number of carboxylic acids is 2. The molecule has 3 aromatic rings. The number of nitrogens with zero attached hydrogens (tertiary/aromatic N) is 4. The highest BCUT2D eigenvalue weighted by atomic mass is 32.2. The van der Waals surface area contributed by atoms with Gasteiger partial charge >= 0.3 is 11.9 Å². The van der Waals surface area contributed by atoms with Gasteiger partial charge in [0.1, 0.15) is 12.1 Å². The summed E-state index contributed by atoms with van der Waals surface area (Å²) >= 11 is 0.930. The summed E-state index contributed by atoms with van der Waals surface area (Å²) in [5, 5.41) is 26.0. The second kappa shape index (κ2) is 14.5. The van der Waals surface area contributed by atoms with Crippen molar-refractivity contribution in [2.75, 3.05) is 23.9 Å². The van der Waals surface area contributed by atoms with Crippen molar-refractivity contribution in [2.45, 2.75) is 43.1 Å². The van der Waals surface area contributed by atoms with Crippen LogP contribution in [0.2, 0.25) is 0 Å². The van der Waals surface area contributed by atoms with Crippen molar-refractivity contribution >= 4 is 70.1 Å². The molecule has 1 aromatic carbocycles. The Balaban J connectivity index is 1.26. The van der Waals surface area contributed by atoms with Gasteiger partial charge in [-0.1, -0.05) is 0 Å². The molecule has 46 heavy (non-hydrogen) atoms. The Labute approximate surface area is 263 Å². The van der Waals surface area contributed by atoms with Crippen LogP contribution in [0.1, 0.15) is 35.3 Å². The molecule has 4 amide bonds. The van der Waals surface area contributed by atoms with E-state index in [-0.39, 0.29) is 53.7 Å². The van der Waals surface area contributed by atoms with Crippen molar-refractivity contribution < 1.29 is 39.0 Å². The van der Waals surface area contributed by atoms with Crippen molar-refractivity contribution in [3.8, 4) is 0 Å². The second-order valence-electron chi connectivity index (χ2n) is 10.1. The van der Waals surface area contributed by atoms with E-state index in [9.17, 15) is 43.8 Å². The van der Waals surface area contributed by atoms with Gasteiger partial charge in [0, 0.05) is 36.9 Å². The molecule has 242 valence electrons. The van der Waals surface area contributed by atoms with E-state index in [4.69, 9.17) is 5.73 Å². The van der Waals surface area contributed by atoms with Crippen LogP contribution in [0.15, 0.2) is 35.3 Å². The molecule has 0 spiro atoms. The van der Waals surface area contributed by atoms with Crippen molar-refractivity contribution in [1.82, 2.24) is 35.5 Å². The Morgan fingerprint density at radius 1 is 1.07 bits per heavy atom. The minimum Gasteiger partial charge on any atom is -0.480 e. The van der Waals surface area contributed by atoms with Gasteiger partial charge in [0.25, 0.3) is 11.5 Å². The number of carbonyl (C=O) groups is 6. The zero-order valence-corrected chi connectivity index (χ0v) is 25.0. The van der Waals surface area contributed by atoms with E-state index in [2.05, 4.69) is 35.9 Å². The van der Waals surface area contributed by atoms with Crippen molar-refractivity contribution in [1.29, 1.82) is 0 Å². The van der Waals surface area contributed by atoms with Gasteiger partial charge in [0.2, 0.25) is 23.7 Å². The van der Waals surface area contributed by atoms with Crippen LogP contribution >= 0.6 is 11.8 Å². The molecule has 1 saturated heterocycles. The van der Waals surface area contributed by atoms with E-state index in [1.807, 2.05) is 0 Å². The Bertz CT molecular complexity index is 1750. The first-order chi connectivity index (χ1) is 21.8. The summed E-state index contributed by atoms with van der Waals surface area (Å²) in [5.74, 6) is -5.35. The average molecular weight is 656 g/mol. The standard InChI is InChI=1S/C27H29N9O9S/c1-36-19(38)8-17(24(36)41)46-11-16(26(44)45)32-18(37)7-6-15(25(42)43)33-22(39)12-2-4-13(5-3-12)29-9-14-10-30-21-20(31-14)23(40)35-27(28)34-21/h2-5,10,15-17,29H,6-9,11H2,1H3,(H,32,37)(H,33,39)(H,42,43)(H,44,45)(H3,28,30,34,35,40)/t15-,16-,17?/m0/s1. The number of nitrogen functional groups attached to an aromatic ring is 1. The highest BCUT2D eigenvalue weighted by molar-refractivity contribution is 8.00. The SMILES string of the molecule is CN1C(=O)CC(SC[C@H](NC(=O)CC[C@H](NC(=O)c2ccc(NCc3cnc4nc(N)[nH]c(=O)c4n3)cc2)C(=O)O)C(=O)O)C1=O. The maximum atomic E-state index is 12.7. The number of aromatic amines is 1. The smallest absolute Gasteiger partial charge is 0.327 e. The number of nitrogens with two attached hydrogens (primary N) is 1. The minimum absolute atomic E-state index is 0.0237. The normalized spacial score (nSPS) is 15.8. The molecular weight excluding hydrogens is 626 g/mol. The fourth-order valence-corrected chi connectivity index (χ4v) is 5.48. The number of hydrogen-bond donors (Lipinski definition) is 7. The molecule has 0 saturated carbocycles. The van der Waals surface area contributed by atoms with Gasteiger partial charge in [-0.2, -0.15) is 4.98 Å². The monoisotopic (exact) mass is 655 g/mol. The van der Waals surface area contributed by atoms with Gasteiger partial charge in [-0.3, -0.25) is 33.9 Å². The second-order valence-corrected chi connectivity index (χ2v) is 11.3. The van der Waals surface area contributed by atoms with Crippen LogP contribution in [0.5, 0.6) is 0 Å².